The fourth-order valence-electron chi connectivity index (χ4n) is 2.46. The first-order valence-corrected chi connectivity index (χ1v) is 10.2. The van der Waals surface area contributed by atoms with Gasteiger partial charge in [-0.1, -0.05) is 23.9 Å². The molecule has 1 unspecified atom stereocenters. The van der Waals surface area contributed by atoms with E-state index in [0.29, 0.717) is 5.16 Å². The minimum atomic E-state index is -0.314. The quantitative estimate of drug-likeness (QED) is 0.637. The van der Waals surface area contributed by atoms with Gasteiger partial charge in [-0.05, 0) is 38.3 Å². The highest BCUT2D eigenvalue weighted by Crippen LogP contribution is 2.29. The first-order valence-electron chi connectivity index (χ1n) is 8.05. The smallest absolute Gasteiger partial charge is 0.237 e. The number of anilines is 1. The Balaban J connectivity index is 1.72. The highest BCUT2D eigenvalue weighted by molar-refractivity contribution is 8.00. The number of aryl methyl sites for hydroxylation is 1. The minimum absolute atomic E-state index is 0.0689. The fraction of sp³-hybridized carbons (Fsp3) is 0.278. The Morgan fingerprint density at radius 3 is 2.73 bits per heavy atom. The Hall–Kier alpha value is -2.19. The summed E-state index contributed by atoms with van der Waals surface area (Å²) in [5, 5.41) is 11.8. The molecule has 2 heterocycles. The van der Waals surface area contributed by atoms with Crippen LogP contribution in [-0.4, -0.2) is 32.2 Å². The number of hydrogen-bond acceptors (Lipinski definition) is 6. The van der Waals surface area contributed by atoms with Gasteiger partial charge in [-0.15, -0.1) is 22.0 Å². The van der Waals surface area contributed by atoms with Crippen molar-refractivity contribution in [2.45, 2.75) is 29.1 Å². The van der Waals surface area contributed by atoms with Gasteiger partial charge in [-0.2, -0.15) is 0 Å². The number of aromatic nitrogens is 3. The Kier molecular flexibility index (Phi) is 5.73. The Morgan fingerprint density at radius 2 is 2.04 bits per heavy atom. The Morgan fingerprint density at radius 1 is 1.27 bits per heavy atom. The molecule has 0 aliphatic rings. The molecule has 0 fully saturated rings. The van der Waals surface area contributed by atoms with Crippen LogP contribution >= 0.6 is 23.5 Å². The van der Waals surface area contributed by atoms with Crippen LogP contribution < -0.4 is 5.32 Å². The molecule has 3 rings (SSSR count). The molecule has 0 aliphatic heterocycles. The lowest BCUT2D eigenvalue weighted by molar-refractivity contribution is -0.115. The van der Waals surface area contributed by atoms with Crippen LogP contribution in [0.1, 0.15) is 12.7 Å². The average Bonchev–Trinajstić information content (AvgIpc) is 3.21. The van der Waals surface area contributed by atoms with E-state index in [9.17, 15) is 4.79 Å². The van der Waals surface area contributed by atoms with E-state index in [1.165, 1.54) is 11.8 Å². The first kappa shape index (κ1) is 18.6. The van der Waals surface area contributed by atoms with Gasteiger partial charge in [-0.3, -0.25) is 4.79 Å². The standard InChI is InChI=1S/C18H20N4O2S2/c1-11-13(9-10-24-11)16-20-21-18(22(16)3)26-12(2)17(23)19-14-7-5-6-8-15(14)25-4/h5-10,12H,1-4H3,(H,19,23). The zero-order chi connectivity index (χ0) is 18.7. The zero-order valence-corrected chi connectivity index (χ0v) is 16.6. The number of amides is 1. The van der Waals surface area contributed by atoms with E-state index >= 15 is 0 Å². The van der Waals surface area contributed by atoms with Gasteiger partial charge in [0.1, 0.15) is 5.76 Å². The number of rotatable bonds is 6. The second-order valence-corrected chi connectivity index (χ2v) is 7.86. The number of hydrogen-bond donors (Lipinski definition) is 1. The van der Waals surface area contributed by atoms with Gasteiger partial charge < -0.3 is 14.3 Å². The molecule has 6 nitrogen and oxygen atoms in total. The molecule has 26 heavy (non-hydrogen) atoms. The number of benzene rings is 1. The summed E-state index contributed by atoms with van der Waals surface area (Å²) >= 11 is 2.98. The normalized spacial score (nSPS) is 12.2. The van der Waals surface area contributed by atoms with Crippen molar-refractivity contribution in [1.82, 2.24) is 14.8 Å². The topological polar surface area (TPSA) is 73.0 Å². The molecule has 0 saturated carbocycles. The van der Waals surface area contributed by atoms with Crippen molar-refractivity contribution in [2.24, 2.45) is 7.05 Å². The number of carbonyl (C=O) groups excluding carboxylic acids is 1. The summed E-state index contributed by atoms with van der Waals surface area (Å²) < 4.78 is 7.21. The van der Waals surface area contributed by atoms with E-state index in [1.807, 2.05) is 62.0 Å². The number of carbonyl (C=O) groups is 1. The van der Waals surface area contributed by atoms with E-state index < -0.39 is 0 Å². The molecule has 3 aromatic rings. The van der Waals surface area contributed by atoms with Crippen LogP contribution in [0.5, 0.6) is 0 Å². The zero-order valence-electron chi connectivity index (χ0n) is 15.0. The van der Waals surface area contributed by atoms with Gasteiger partial charge in [0.05, 0.1) is 22.8 Å². The maximum absolute atomic E-state index is 12.6. The molecule has 1 N–H and O–H groups in total. The summed E-state index contributed by atoms with van der Waals surface area (Å²) in [5.41, 5.74) is 1.72. The van der Waals surface area contributed by atoms with Gasteiger partial charge >= 0.3 is 0 Å². The highest BCUT2D eigenvalue weighted by atomic mass is 32.2. The molecule has 8 heteroatoms. The fourth-order valence-corrected chi connectivity index (χ4v) is 3.83. The number of para-hydroxylation sites is 1. The van der Waals surface area contributed by atoms with Crippen LogP contribution in [0.25, 0.3) is 11.4 Å². The molecule has 0 saturated heterocycles. The summed E-state index contributed by atoms with van der Waals surface area (Å²) in [5.74, 6) is 1.44. The summed E-state index contributed by atoms with van der Waals surface area (Å²) in [6, 6.07) is 9.63. The molecule has 1 amide bonds. The van der Waals surface area contributed by atoms with Gasteiger partial charge in [0.2, 0.25) is 5.91 Å². The van der Waals surface area contributed by atoms with Crippen LogP contribution in [0.15, 0.2) is 51.1 Å². The van der Waals surface area contributed by atoms with Gasteiger partial charge in [0.15, 0.2) is 11.0 Å². The van der Waals surface area contributed by atoms with Crippen molar-refractivity contribution in [3.05, 3.63) is 42.4 Å². The Bertz CT molecular complexity index is 920. The molecular formula is C18H20N4O2S2. The largest absolute Gasteiger partial charge is 0.469 e. The van der Waals surface area contributed by atoms with Gasteiger partial charge in [-0.25, -0.2) is 0 Å². The third kappa shape index (κ3) is 3.81. The molecule has 2 aromatic heterocycles. The third-order valence-electron chi connectivity index (χ3n) is 3.95. The van der Waals surface area contributed by atoms with Crippen LogP contribution in [0.4, 0.5) is 5.69 Å². The van der Waals surface area contributed by atoms with Gasteiger partial charge in [0, 0.05) is 11.9 Å². The average molecular weight is 389 g/mol. The van der Waals surface area contributed by atoms with Crippen molar-refractivity contribution in [3.63, 3.8) is 0 Å². The van der Waals surface area contributed by atoms with Crippen LogP contribution in [-0.2, 0) is 11.8 Å². The monoisotopic (exact) mass is 388 g/mol. The molecule has 1 aromatic carbocycles. The highest BCUT2D eigenvalue weighted by Gasteiger charge is 2.21. The summed E-state index contributed by atoms with van der Waals surface area (Å²) in [6.07, 6.45) is 3.62. The van der Waals surface area contributed by atoms with E-state index in [-0.39, 0.29) is 11.2 Å². The van der Waals surface area contributed by atoms with E-state index in [1.54, 1.807) is 18.0 Å². The second kappa shape index (κ2) is 8.01. The lowest BCUT2D eigenvalue weighted by Crippen LogP contribution is -2.23. The lowest BCUT2D eigenvalue weighted by Gasteiger charge is -2.13. The van der Waals surface area contributed by atoms with Crippen molar-refractivity contribution < 1.29 is 9.21 Å². The molecule has 0 radical (unpaired) electrons. The lowest BCUT2D eigenvalue weighted by atomic mass is 10.2. The molecule has 136 valence electrons. The van der Waals surface area contributed by atoms with Crippen molar-refractivity contribution >= 4 is 35.1 Å². The van der Waals surface area contributed by atoms with Crippen molar-refractivity contribution in [2.75, 3.05) is 11.6 Å². The molecule has 1 atom stereocenters. The molecule has 0 aliphatic carbocycles. The number of furan rings is 1. The molecule has 0 bridgehead atoms. The van der Waals surface area contributed by atoms with E-state index in [0.717, 1.165) is 27.7 Å². The maximum atomic E-state index is 12.6. The SMILES string of the molecule is CSc1ccccc1NC(=O)C(C)Sc1nnc(-c2ccoc2C)n1C. The van der Waals surface area contributed by atoms with E-state index in [4.69, 9.17) is 4.42 Å². The second-order valence-electron chi connectivity index (χ2n) is 5.71. The van der Waals surface area contributed by atoms with Crippen molar-refractivity contribution in [1.29, 1.82) is 0 Å². The predicted octanol–water partition coefficient (Wildman–Crippen LogP) is 4.22. The van der Waals surface area contributed by atoms with Crippen LogP contribution in [0.3, 0.4) is 0 Å². The minimum Gasteiger partial charge on any atom is -0.469 e. The van der Waals surface area contributed by atoms with Crippen LogP contribution in [0, 0.1) is 6.92 Å². The first-order chi connectivity index (χ1) is 12.5. The number of nitrogens with zero attached hydrogens (tertiary/aromatic N) is 3. The third-order valence-corrected chi connectivity index (χ3v) is 5.88. The van der Waals surface area contributed by atoms with Crippen LogP contribution in [0.2, 0.25) is 0 Å². The maximum Gasteiger partial charge on any atom is 0.237 e. The Labute approximate surface area is 160 Å². The van der Waals surface area contributed by atoms with E-state index in [2.05, 4.69) is 15.5 Å². The number of nitrogens with one attached hydrogen (secondary N) is 1. The number of thioether (sulfide) groups is 2. The van der Waals surface area contributed by atoms with Crippen molar-refractivity contribution in [3.8, 4) is 11.4 Å². The summed E-state index contributed by atoms with van der Waals surface area (Å²) in [4.78, 5) is 13.6. The summed E-state index contributed by atoms with van der Waals surface area (Å²) in [6.45, 7) is 3.75. The van der Waals surface area contributed by atoms with Gasteiger partial charge in [0.25, 0.3) is 0 Å². The molecular weight excluding hydrogens is 368 g/mol. The molecule has 0 spiro atoms. The summed E-state index contributed by atoms with van der Waals surface area (Å²) in [7, 11) is 1.89. The predicted molar refractivity (Wildman–Crippen MR) is 106 cm³/mol.